The highest BCUT2D eigenvalue weighted by atomic mass is 16.5. The van der Waals surface area contributed by atoms with Crippen LogP contribution in [0.2, 0.25) is 0 Å². The number of urea groups is 1. The molecule has 6 heteroatoms. The summed E-state index contributed by atoms with van der Waals surface area (Å²) in [6.07, 6.45) is 0. The van der Waals surface area contributed by atoms with Crippen molar-refractivity contribution in [1.82, 2.24) is 10.2 Å². The third kappa shape index (κ3) is 5.85. The van der Waals surface area contributed by atoms with Crippen LogP contribution in [0.1, 0.15) is 20.8 Å². The molecule has 0 aromatic carbocycles. The second-order valence-corrected chi connectivity index (χ2v) is 3.98. The predicted molar refractivity (Wildman–Crippen MR) is 71.4 cm³/mol. The fraction of sp³-hybridized carbons (Fsp3) is 0.462. The quantitative estimate of drug-likeness (QED) is 0.447. The number of hydrogen-bond acceptors (Lipinski definition) is 4. The van der Waals surface area contributed by atoms with Crippen LogP contribution in [-0.2, 0) is 14.3 Å². The van der Waals surface area contributed by atoms with Crippen molar-refractivity contribution in [3.8, 4) is 0 Å². The van der Waals surface area contributed by atoms with E-state index in [0.29, 0.717) is 5.57 Å². The van der Waals surface area contributed by atoms with Crippen molar-refractivity contribution >= 4 is 17.9 Å². The van der Waals surface area contributed by atoms with Gasteiger partial charge in [-0.15, -0.1) is 0 Å². The molecule has 0 saturated carbocycles. The molecule has 6 nitrogen and oxygen atoms in total. The fourth-order valence-corrected chi connectivity index (χ4v) is 1.13. The van der Waals surface area contributed by atoms with Crippen LogP contribution in [0.15, 0.2) is 24.3 Å². The van der Waals surface area contributed by atoms with E-state index in [2.05, 4.69) is 18.5 Å². The average molecular weight is 268 g/mol. The van der Waals surface area contributed by atoms with Crippen LogP contribution in [0.25, 0.3) is 0 Å². The molecule has 0 spiro atoms. The van der Waals surface area contributed by atoms with Crippen LogP contribution in [0, 0.1) is 0 Å². The van der Waals surface area contributed by atoms with Gasteiger partial charge in [0.05, 0.1) is 6.54 Å². The summed E-state index contributed by atoms with van der Waals surface area (Å²) in [5, 5.41) is 2.48. The van der Waals surface area contributed by atoms with Crippen molar-refractivity contribution < 1.29 is 19.1 Å². The van der Waals surface area contributed by atoms with Gasteiger partial charge in [0.1, 0.15) is 6.61 Å². The van der Waals surface area contributed by atoms with Gasteiger partial charge in [0, 0.05) is 17.7 Å². The van der Waals surface area contributed by atoms with Crippen LogP contribution in [0.4, 0.5) is 4.79 Å². The van der Waals surface area contributed by atoms with E-state index in [9.17, 15) is 14.4 Å². The average Bonchev–Trinajstić information content (AvgIpc) is 2.34. The highest BCUT2D eigenvalue weighted by molar-refractivity contribution is 6.03. The Morgan fingerprint density at radius 3 is 2.16 bits per heavy atom. The number of likely N-dealkylation sites (N-methyl/N-ethyl adjacent to an activating group) is 1. The van der Waals surface area contributed by atoms with E-state index in [1.54, 1.807) is 6.92 Å². The van der Waals surface area contributed by atoms with Gasteiger partial charge in [-0.25, -0.2) is 9.59 Å². The van der Waals surface area contributed by atoms with Gasteiger partial charge in [-0.2, -0.15) is 0 Å². The lowest BCUT2D eigenvalue weighted by Gasteiger charge is -2.19. The molecule has 3 amide bonds. The monoisotopic (exact) mass is 268 g/mol. The maximum atomic E-state index is 11.7. The minimum atomic E-state index is -0.540. The van der Waals surface area contributed by atoms with E-state index in [1.165, 1.54) is 13.8 Å². The minimum absolute atomic E-state index is 0.0241. The van der Waals surface area contributed by atoms with E-state index in [0.717, 1.165) is 4.90 Å². The Labute approximate surface area is 113 Å². The molecule has 0 atom stereocenters. The summed E-state index contributed by atoms with van der Waals surface area (Å²) < 4.78 is 4.80. The summed E-state index contributed by atoms with van der Waals surface area (Å²) in [5.41, 5.74) is 0.574. The van der Waals surface area contributed by atoms with Gasteiger partial charge < -0.3 is 10.1 Å². The second kappa shape index (κ2) is 8.07. The molecule has 0 fully saturated rings. The van der Waals surface area contributed by atoms with Crippen LogP contribution >= 0.6 is 0 Å². The number of imide groups is 1. The molecule has 0 aliphatic heterocycles. The molecule has 0 aliphatic rings. The van der Waals surface area contributed by atoms with E-state index < -0.39 is 17.9 Å². The van der Waals surface area contributed by atoms with Gasteiger partial charge in [0.15, 0.2) is 0 Å². The zero-order chi connectivity index (χ0) is 15.0. The maximum Gasteiger partial charge on any atom is 0.333 e. The number of hydrogen-bond donors (Lipinski definition) is 1. The van der Waals surface area contributed by atoms with Crippen molar-refractivity contribution in [2.45, 2.75) is 20.8 Å². The third-order valence-corrected chi connectivity index (χ3v) is 2.13. The van der Waals surface area contributed by atoms with E-state index in [1.807, 2.05) is 0 Å². The Morgan fingerprint density at radius 2 is 1.74 bits per heavy atom. The van der Waals surface area contributed by atoms with Crippen molar-refractivity contribution in [2.75, 3.05) is 19.7 Å². The number of rotatable bonds is 6. The van der Waals surface area contributed by atoms with Crippen molar-refractivity contribution in [3.63, 3.8) is 0 Å². The number of carbonyl (C=O) groups excluding carboxylic acids is 3. The first-order valence-electron chi connectivity index (χ1n) is 5.89. The highest BCUT2D eigenvalue weighted by Crippen LogP contribution is 1.99. The van der Waals surface area contributed by atoms with Crippen LogP contribution in [0.3, 0.4) is 0 Å². The largest absolute Gasteiger partial charge is 0.460 e. The molecule has 19 heavy (non-hydrogen) atoms. The first-order chi connectivity index (χ1) is 8.81. The van der Waals surface area contributed by atoms with Gasteiger partial charge in [0.2, 0.25) is 0 Å². The zero-order valence-corrected chi connectivity index (χ0v) is 11.6. The van der Waals surface area contributed by atoms with Crippen LogP contribution < -0.4 is 5.32 Å². The topological polar surface area (TPSA) is 75.7 Å². The van der Waals surface area contributed by atoms with Crippen molar-refractivity contribution in [3.05, 3.63) is 24.3 Å². The normalized spacial score (nSPS) is 9.42. The molecule has 0 aromatic rings. The molecule has 0 heterocycles. The van der Waals surface area contributed by atoms with E-state index in [-0.39, 0.29) is 25.3 Å². The molecule has 0 radical (unpaired) electrons. The van der Waals surface area contributed by atoms with Gasteiger partial charge in [0.25, 0.3) is 5.91 Å². The summed E-state index contributed by atoms with van der Waals surface area (Å²) in [4.78, 5) is 35.4. The summed E-state index contributed by atoms with van der Waals surface area (Å²) in [7, 11) is 0. The molecule has 0 saturated heterocycles. The SMILES string of the molecule is C=C(C)C(=O)OCCNC(=O)N(CC)C(=O)C(=C)C. The first-order valence-corrected chi connectivity index (χ1v) is 5.89. The molecule has 0 aromatic heterocycles. The van der Waals surface area contributed by atoms with Crippen LogP contribution in [-0.4, -0.2) is 42.5 Å². The molecule has 106 valence electrons. The van der Waals surface area contributed by atoms with Crippen molar-refractivity contribution in [2.24, 2.45) is 0 Å². The first kappa shape index (κ1) is 16.9. The molecular formula is C13H20N2O4. The number of nitrogens with one attached hydrogen (secondary N) is 1. The number of amides is 3. The van der Waals surface area contributed by atoms with Crippen LogP contribution in [0.5, 0.6) is 0 Å². The van der Waals surface area contributed by atoms with E-state index in [4.69, 9.17) is 4.74 Å². The Balaban J connectivity index is 4.16. The van der Waals surface area contributed by atoms with E-state index >= 15 is 0 Å². The van der Waals surface area contributed by atoms with Gasteiger partial charge in [-0.05, 0) is 20.8 Å². The number of esters is 1. The molecule has 0 aliphatic carbocycles. The van der Waals surface area contributed by atoms with Gasteiger partial charge in [-0.3, -0.25) is 9.69 Å². The number of nitrogens with zero attached hydrogens (tertiary/aromatic N) is 1. The minimum Gasteiger partial charge on any atom is -0.460 e. The lowest BCUT2D eigenvalue weighted by molar-refractivity contribution is -0.138. The summed E-state index contributed by atoms with van der Waals surface area (Å²) in [6.45, 7) is 12.1. The molecule has 0 rings (SSSR count). The fourth-order valence-electron chi connectivity index (χ4n) is 1.13. The summed E-state index contributed by atoms with van der Waals surface area (Å²) in [5.74, 6) is -0.946. The number of carbonyl (C=O) groups is 3. The third-order valence-electron chi connectivity index (χ3n) is 2.13. The lowest BCUT2D eigenvalue weighted by Crippen LogP contribution is -2.44. The molecule has 0 bridgehead atoms. The lowest BCUT2D eigenvalue weighted by atomic mass is 10.3. The molecule has 0 unspecified atom stereocenters. The molecular weight excluding hydrogens is 248 g/mol. The predicted octanol–water partition coefficient (Wildman–Crippen LogP) is 1.24. The maximum absolute atomic E-state index is 11.7. The Morgan fingerprint density at radius 1 is 1.16 bits per heavy atom. The Kier molecular flexibility index (Phi) is 7.18. The Hall–Kier alpha value is -2.11. The molecule has 1 N–H and O–H groups in total. The Bertz CT molecular complexity index is 401. The highest BCUT2D eigenvalue weighted by Gasteiger charge is 2.19. The smallest absolute Gasteiger partial charge is 0.333 e. The summed E-state index contributed by atoms with van der Waals surface area (Å²) in [6, 6.07) is -0.540. The standard InChI is InChI=1S/C13H20N2O4/c1-6-15(11(16)9(2)3)13(18)14-7-8-19-12(17)10(4)5/h2,4,6-8H2,1,3,5H3,(H,14,18). The van der Waals surface area contributed by atoms with Gasteiger partial charge >= 0.3 is 12.0 Å². The van der Waals surface area contributed by atoms with Gasteiger partial charge in [-0.1, -0.05) is 13.2 Å². The summed E-state index contributed by atoms with van der Waals surface area (Å²) >= 11 is 0. The zero-order valence-electron chi connectivity index (χ0n) is 11.6. The number of ether oxygens (including phenoxy) is 1. The second-order valence-electron chi connectivity index (χ2n) is 3.98. The van der Waals surface area contributed by atoms with Crippen molar-refractivity contribution in [1.29, 1.82) is 0 Å².